The second-order valence-electron chi connectivity index (χ2n) is 5.98. The van der Waals surface area contributed by atoms with Crippen LogP contribution in [0, 0.1) is 13.8 Å². The van der Waals surface area contributed by atoms with Gasteiger partial charge in [-0.3, -0.25) is 14.6 Å². The molecule has 0 atom stereocenters. The predicted molar refractivity (Wildman–Crippen MR) is 95.0 cm³/mol. The highest BCUT2D eigenvalue weighted by molar-refractivity contribution is 6.34. The van der Waals surface area contributed by atoms with Crippen molar-refractivity contribution in [1.29, 1.82) is 0 Å². The summed E-state index contributed by atoms with van der Waals surface area (Å²) < 4.78 is 5.38. The van der Waals surface area contributed by atoms with Crippen molar-refractivity contribution in [1.82, 2.24) is 9.88 Å². The van der Waals surface area contributed by atoms with E-state index < -0.39 is 11.8 Å². The fourth-order valence-corrected chi connectivity index (χ4v) is 2.49. The second-order valence-corrected chi connectivity index (χ2v) is 5.98. The number of aryl methyl sites for hydroxylation is 2. The first-order valence-electron chi connectivity index (χ1n) is 8.04. The van der Waals surface area contributed by atoms with Crippen LogP contribution in [0.2, 0.25) is 0 Å². The Bertz CT molecular complexity index is 757. The Morgan fingerprint density at radius 1 is 1.16 bits per heavy atom. The first-order chi connectivity index (χ1) is 11.9. The van der Waals surface area contributed by atoms with Gasteiger partial charge in [0.1, 0.15) is 5.75 Å². The molecule has 0 bridgehead atoms. The Morgan fingerprint density at radius 2 is 1.88 bits per heavy atom. The van der Waals surface area contributed by atoms with E-state index in [0.717, 1.165) is 22.4 Å². The number of hydrogen-bond acceptors (Lipinski definition) is 4. The van der Waals surface area contributed by atoms with Crippen LogP contribution in [0.15, 0.2) is 36.5 Å². The van der Waals surface area contributed by atoms with E-state index in [1.54, 1.807) is 13.3 Å². The largest absolute Gasteiger partial charge is 0.496 e. The van der Waals surface area contributed by atoms with Crippen LogP contribution >= 0.6 is 0 Å². The molecule has 6 heteroatoms. The van der Waals surface area contributed by atoms with Gasteiger partial charge in [0.05, 0.1) is 7.11 Å². The molecule has 2 amide bonds. The maximum Gasteiger partial charge on any atom is 0.311 e. The van der Waals surface area contributed by atoms with E-state index in [-0.39, 0.29) is 6.54 Å². The molecule has 0 unspecified atom stereocenters. The maximum absolute atomic E-state index is 12.2. The molecule has 0 aliphatic rings. The lowest BCUT2D eigenvalue weighted by molar-refractivity contribution is -0.144. The number of aromatic nitrogens is 1. The van der Waals surface area contributed by atoms with Crippen LogP contribution in [0.4, 0.5) is 0 Å². The molecular formula is C19H23N3O3. The molecule has 2 N–H and O–H groups in total. The molecule has 0 saturated heterocycles. The Hall–Kier alpha value is -2.89. The molecule has 6 nitrogen and oxygen atoms in total. The summed E-state index contributed by atoms with van der Waals surface area (Å²) in [5.74, 6) is -1.01. The van der Waals surface area contributed by atoms with E-state index >= 15 is 0 Å². The Labute approximate surface area is 147 Å². The van der Waals surface area contributed by atoms with Gasteiger partial charge in [-0.1, -0.05) is 18.2 Å². The lowest BCUT2D eigenvalue weighted by Crippen LogP contribution is -2.41. The van der Waals surface area contributed by atoms with Crippen LogP contribution in [-0.2, 0) is 22.6 Å². The van der Waals surface area contributed by atoms with Crippen LogP contribution in [0.25, 0.3) is 0 Å². The number of hydrogen-bond donors (Lipinski definition) is 1. The van der Waals surface area contributed by atoms with Gasteiger partial charge >= 0.3 is 11.8 Å². The molecule has 0 spiro atoms. The van der Waals surface area contributed by atoms with Crippen molar-refractivity contribution in [3.63, 3.8) is 0 Å². The van der Waals surface area contributed by atoms with Crippen LogP contribution in [0.1, 0.15) is 22.4 Å². The third kappa shape index (κ3) is 5.04. The lowest BCUT2D eigenvalue weighted by atomic mass is 10.1. The van der Waals surface area contributed by atoms with E-state index in [1.807, 2.05) is 44.2 Å². The summed E-state index contributed by atoms with van der Waals surface area (Å²) in [5, 5.41) is 0. The van der Waals surface area contributed by atoms with Gasteiger partial charge in [0.2, 0.25) is 0 Å². The summed E-state index contributed by atoms with van der Waals surface area (Å²) in [6, 6.07) is 9.59. The number of carbonyl (C=O) groups excluding carboxylic acids is 2. The van der Waals surface area contributed by atoms with E-state index in [4.69, 9.17) is 10.5 Å². The maximum atomic E-state index is 12.2. The molecule has 1 aromatic carbocycles. The monoisotopic (exact) mass is 341 g/mol. The number of methoxy groups -OCH3 is 1. The minimum atomic E-state index is -0.969. The minimum Gasteiger partial charge on any atom is -0.496 e. The number of nitrogens with zero attached hydrogens (tertiary/aromatic N) is 2. The van der Waals surface area contributed by atoms with E-state index in [2.05, 4.69) is 4.98 Å². The zero-order chi connectivity index (χ0) is 18.4. The number of benzene rings is 1. The standard InChI is InChI=1S/C19H23N3O3/c1-13-4-6-15(17(10-13)25-3)12-22(19(24)18(20)23)9-8-16-7-5-14(2)11-21-16/h4-7,10-11H,8-9,12H2,1-3H3,(H2,20,23). The highest BCUT2D eigenvalue weighted by Crippen LogP contribution is 2.21. The highest BCUT2D eigenvalue weighted by atomic mass is 16.5. The number of rotatable bonds is 6. The summed E-state index contributed by atoms with van der Waals surface area (Å²) >= 11 is 0. The van der Waals surface area contributed by atoms with Crippen molar-refractivity contribution in [2.75, 3.05) is 13.7 Å². The average molecular weight is 341 g/mol. The Balaban J connectivity index is 2.17. The van der Waals surface area contributed by atoms with Gasteiger partial charge in [0.15, 0.2) is 0 Å². The van der Waals surface area contributed by atoms with Gasteiger partial charge in [-0.25, -0.2) is 0 Å². The van der Waals surface area contributed by atoms with Crippen LogP contribution in [-0.4, -0.2) is 35.4 Å². The zero-order valence-corrected chi connectivity index (χ0v) is 14.8. The summed E-state index contributed by atoms with van der Waals surface area (Å²) in [7, 11) is 1.58. The van der Waals surface area contributed by atoms with Crippen molar-refractivity contribution < 1.29 is 14.3 Å². The summed E-state index contributed by atoms with van der Waals surface area (Å²) in [6.45, 7) is 4.51. The number of ether oxygens (including phenoxy) is 1. The van der Waals surface area contributed by atoms with Crippen molar-refractivity contribution in [3.05, 3.63) is 58.9 Å². The van der Waals surface area contributed by atoms with Gasteiger partial charge < -0.3 is 15.4 Å². The SMILES string of the molecule is COc1cc(C)ccc1CN(CCc1ccc(C)cn1)C(=O)C(N)=O. The molecule has 0 radical (unpaired) electrons. The lowest BCUT2D eigenvalue weighted by Gasteiger charge is -2.22. The van der Waals surface area contributed by atoms with Crippen LogP contribution in [0.5, 0.6) is 5.75 Å². The number of primary amides is 1. The van der Waals surface area contributed by atoms with Crippen LogP contribution in [0.3, 0.4) is 0 Å². The predicted octanol–water partition coefficient (Wildman–Crippen LogP) is 1.76. The molecule has 1 aromatic heterocycles. The van der Waals surface area contributed by atoms with Gasteiger partial charge in [0.25, 0.3) is 0 Å². The molecule has 0 saturated carbocycles. The van der Waals surface area contributed by atoms with Crippen molar-refractivity contribution in [2.24, 2.45) is 5.73 Å². The van der Waals surface area contributed by atoms with Gasteiger partial charge in [0, 0.05) is 37.0 Å². The van der Waals surface area contributed by atoms with Gasteiger partial charge in [-0.05, 0) is 37.1 Å². The molecule has 2 rings (SSSR count). The van der Waals surface area contributed by atoms with Gasteiger partial charge in [-0.2, -0.15) is 0 Å². The molecule has 0 aliphatic heterocycles. The molecule has 0 fully saturated rings. The summed E-state index contributed by atoms with van der Waals surface area (Å²) in [6.07, 6.45) is 2.31. The quantitative estimate of drug-likeness (QED) is 0.811. The molecule has 0 aliphatic carbocycles. The average Bonchev–Trinajstić information content (AvgIpc) is 2.60. The van der Waals surface area contributed by atoms with Crippen LogP contribution < -0.4 is 10.5 Å². The van der Waals surface area contributed by atoms with Crippen molar-refractivity contribution in [2.45, 2.75) is 26.8 Å². The number of nitrogens with two attached hydrogens (primary N) is 1. The minimum absolute atomic E-state index is 0.247. The fourth-order valence-electron chi connectivity index (χ4n) is 2.49. The highest BCUT2D eigenvalue weighted by Gasteiger charge is 2.20. The molecule has 25 heavy (non-hydrogen) atoms. The molecule has 132 valence electrons. The fraction of sp³-hybridized carbons (Fsp3) is 0.316. The van der Waals surface area contributed by atoms with E-state index in [1.165, 1.54) is 4.90 Å². The van der Waals surface area contributed by atoms with E-state index in [0.29, 0.717) is 18.7 Å². The third-order valence-electron chi connectivity index (χ3n) is 3.91. The second kappa shape index (κ2) is 8.28. The summed E-state index contributed by atoms with van der Waals surface area (Å²) in [5.41, 5.74) is 8.99. The summed E-state index contributed by atoms with van der Waals surface area (Å²) in [4.78, 5) is 29.3. The normalized spacial score (nSPS) is 10.4. The zero-order valence-electron chi connectivity index (χ0n) is 14.8. The van der Waals surface area contributed by atoms with Gasteiger partial charge in [-0.15, -0.1) is 0 Å². The Morgan fingerprint density at radius 3 is 2.48 bits per heavy atom. The van der Waals surface area contributed by atoms with Crippen molar-refractivity contribution >= 4 is 11.8 Å². The Kier molecular flexibility index (Phi) is 6.11. The molecular weight excluding hydrogens is 318 g/mol. The van der Waals surface area contributed by atoms with Crippen molar-refractivity contribution in [3.8, 4) is 5.75 Å². The molecule has 2 aromatic rings. The number of amides is 2. The topological polar surface area (TPSA) is 85.5 Å². The molecule has 1 heterocycles. The first-order valence-corrected chi connectivity index (χ1v) is 8.04. The third-order valence-corrected chi connectivity index (χ3v) is 3.91. The number of pyridine rings is 1. The number of carbonyl (C=O) groups is 2. The smallest absolute Gasteiger partial charge is 0.311 e. The first kappa shape index (κ1) is 18.4. The van der Waals surface area contributed by atoms with E-state index in [9.17, 15) is 9.59 Å².